The number of aryl methyl sites for hydroxylation is 1. The number of methoxy groups -OCH3 is 1. The number of anilines is 1. The lowest BCUT2D eigenvalue weighted by atomic mass is 10.1. The van der Waals surface area contributed by atoms with E-state index in [-0.39, 0.29) is 0 Å². The van der Waals surface area contributed by atoms with Crippen LogP contribution in [0, 0.1) is 6.92 Å². The summed E-state index contributed by atoms with van der Waals surface area (Å²) in [5.41, 5.74) is 5.04. The molecule has 0 saturated carbocycles. The van der Waals surface area contributed by atoms with Crippen LogP contribution in [0.5, 0.6) is 5.75 Å². The van der Waals surface area contributed by atoms with Gasteiger partial charge in [0, 0.05) is 30.9 Å². The lowest BCUT2D eigenvalue weighted by Gasteiger charge is -2.16. The summed E-state index contributed by atoms with van der Waals surface area (Å²) < 4.78 is 7.10. The van der Waals surface area contributed by atoms with Crippen LogP contribution in [-0.2, 0) is 6.54 Å². The SMILES string of the molecule is COc1ccc(-c2cnnc(N(C)Cc3cnn(-c4ccccc4C)c3)n2)cc1. The Morgan fingerprint density at radius 1 is 1.03 bits per heavy atom. The van der Waals surface area contributed by atoms with Crippen LogP contribution in [-0.4, -0.2) is 39.1 Å². The van der Waals surface area contributed by atoms with Crippen molar-refractivity contribution in [1.29, 1.82) is 0 Å². The Balaban J connectivity index is 1.52. The molecule has 146 valence electrons. The van der Waals surface area contributed by atoms with E-state index in [1.165, 1.54) is 5.56 Å². The van der Waals surface area contributed by atoms with Gasteiger partial charge in [-0.25, -0.2) is 9.67 Å². The zero-order valence-electron chi connectivity index (χ0n) is 16.6. The molecule has 29 heavy (non-hydrogen) atoms. The highest BCUT2D eigenvalue weighted by Gasteiger charge is 2.11. The van der Waals surface area contributed by atoms with Crippen LogP contribution < -0.4 is 9.64 Å². The van der Waals surface area contributed by atoms with E-state index >= 15 is 0 Å². The monoisotopic (exact) mass is 386 g/mol. The second-order valence-electron chi connectivity index (χ2n) is 6.81. The summed E-state index contributed by atoms with van der Waals surface area (Å²) in [6, 6.07) is 15.9. The Kier molecular flexibility index (Phi) is 5.20. The van der Waals surface area contributed by atoms with Gasteiger partial charge in [-0.1, -0.05) is 18.2 Å². The first kappa shape index (κ1) is 18.6. The lowest BCUT2D eigenvalue weighted by molar-refractivity contribution is 0.415. The van der Waals surface area contributed by atoms with E-state index in [2.05, 4.69) is 39.3 Å². The van der Waals surface area contributed by atoms with Gasteiger partial charge in [-0.3, -0.25) is 0 Å². The van der Waals surface area contributed by atoms with Gasteiger partial charge >= 0.3 is 0 Å². The van der Waals surface area contributed by atoms with Crippen molar-refractivity contribution in [3.8, 4) is 22.7 Å². The summed E-state index contributed by atoms with van der Waals surface area (Å²) in [7, 11) is 3.59. The summed E-state index contributed by atoms with van der Waals surface area (Å²) in [6.07, 6.45) is 5.55. The van der Waals surface area contributed by atoms with Crippen molar-refractivity contribution in [2.24, 2.45) is 0 Å². The fourth-order valence-corrected chi connectivity index (χ4v) is 3.10. The van der Waals surface area contributed by atoms with Crippen LogP contribution in [0.4, 0.5) is 5.95 Å². The Labute approximate surface area is 169 Å². The minimum absolute atomic E-state index is 0.557. The minimum atomic E-state index is 0.557. The van der Waals surface area contributed by atoms with E-state index < -0.39 is 0 Å². The molecule has 0 spiro atoms. The number of nitrogens with zero attached hydrogens (tertiary/aromatic N) is 6. The first-order valence-electron chi connectivity index (χ1n) is 9.29. The molecule has 2 aromatic carbocycles. The number of aromatic nitrogens is 5. The van der Waals surface area contributed by atoms with Crippen LogP contribution in [0.2, 0.25) is 0 Å². The predicted molar refractivity (Wildman–Crippen MR) is 112 cm³/mol. The van der Waals surface area contributed by atoms with Crippen LogP contribution in [0.3, 0.4) is 0 Å². The van der Waals surface area contributed by atoms with E-state index in [1.54, 1.807) is 13.3 Å². The molecule has 0 fully saturated rings. The topological polar surface area (TPSA) is 69.0 Å². The molecule has 0 aliphatic carbocycles. The van der Waals surface area contributed by atoms with Crippen molar-refractivity contribution in [2.75, 3.05) is 19.1 Å². The zero-order valence-corrected chi connectivity index (χ0v) is 16.6. The predicted octanol–water partition coefficient (Wildman–Crippen LogP) is 3.68. The number of hydrogen-bond acceptors (Lipinski definition) is 6. The summed E-state index contributed by atoms with van der Waals surface area (Å²) in [4.78, 5) is 6.62. The first-order chi connectivity index (χ1) is 14.1. The molecule has 7 heteroatoms. The highest BCUT2D eigenvalue weighted by molar-refractivity contribution is 5.60. The molecule has 2 aromatic heterocycles. The quantitative estimate of drug-likeness (QED) is 0.504. The van der Waals surface area contributed by atoms with Gasteiger partial charge in [-0.2, -0.15) is 10.2 Å². The molecular formula is C22H22N6O. The van der Waals surface area contributed by atoms with Crippen molar-refractivity contribution < 1.29 is 4.74 Å². The van der Waals surface area contributed by atoms with Crippen molar-refractivity contribution in [3.05, 3.63) is 78.2 Å². The second kappa shape index (κ2) is 8.10. The normalized spacial score (nSPS) is 10.7. The van der Waals surface area contributed by atoms with Gasteiger partial charge in [0.05, 0.1) is 30.9 Å². The molecular weight excluding hydrogens is 364 g/mol. The molecule has 0 radical (unpaired) electrons. The highest BCUT2D eigenvalue weighted by atomic mass is 16.5. The molecule has 0 unspecified atom stereocenters. The molecule has 0 amide bonds. The van der Waals surface area contributed by atoms with Crippen molar-refractivity contribution in [3.63, 3.8) is 0 Å². The standard InChI is InChI=1S/C22H22N6O/c1-16-6-4-5-7-21(16)28-15-17(12-24-28)14-27(2)22-25-20(13-23-26-22)18-8-10-19(29-3)11-9-18/h4-13,15H,14H2,1-3H3. The lowest BCUT2D eigenvalue weighted by Crippen LogP contribution is -2.19. The maximum absolute atomic E-state index is 5.21. The van der Waals surface area contributed by atoms with Gasteiger partial charge < -0.3 is 9.64 Å². The molecule has 4 aromatic rings. The van der Waals surface area contributed by atoms with Crippen molar-refractivity contribution in [1.82, 2.24) is 25.0 Å². The summed E-state index contributed by atoms with van der Waals surface area (Å²) in [6.45, 7) is 2.70. The Morgan fingerprint density at radius 3 is 2.59 bits per heavy atom. The zero-order chi connectivity index (χ0) is 20.2. The third-order valence-electron chi connectivity index (χ3n) is 4.69. The number of ether oxygens (including phenoxy) is 1. The van der Waals surface area contributed by atoms with Gasteiger partial charge in [0.2, 0.25) is 5.95 Å². The third kappa shape index (κ3) is 4.08. The molecule has 0 bridgehead atoms. The Hall–Kier alpha value is -3.74. The Bertz CT molecular complexity index is 1110. The summed E-state index contributed by atoms with van der Waals surface area (Å²) in [5.74, 6) is 1.36. The van der Waals surface area contributed by atoms with E-state index in [4.69, 9.17) is 4.74 Å². The molecule has 7 nitrogen and oxygen atoms in total. The van der Waals surface area contributed by atoms with E-state index in [1.807, 2.05) is 65.4 Å². The van der Waals surface area contributed by atoms with Gasteiger partial charge in [0.1, 0.15) is 5.75 Å². The fraction of sp³-hybridized carbons (Fsp3) is 0.182. The van der Waals surface area contributed by atoms with Crippen LogP contribution >= 0.6 is 0 Å². The third-order valence-corrected chi connectivity index (χ3v) is 4.69. The minimum Gasteiger partial charge on any atom is -0.497 e. The van der Waals surface area contributed by atoms with Crippen LogP contribution in [0.25, 0.3) is 16.9 Å². The smallest absolute Gasteiger partial charge is 0.245 e. The number of benzene rings is 2. The van der Waals surface area contributed by atoms with E-state index in [9.17, 15) is 0 Å². The summed E-state index contributed by atoms with van der Waals surface area (Å²) in [5, 5.41) is 12.8. The highest BCUT2D eigenvalue weighted by Crippen LogP contribution is 2.21. The van der Waals surface area contributed by atoms with Crippen LogP contribution in [0.15, 0.2) is 67.1 Å². The molecule has 0 atom stereocenters. The number of hydrogen-bond donors (Lipinski definition) is 0. The van der Waals surface area contributed by atoms with Crippen LogP contribution in [0.1, 0.15) is 11.1 Å². The van der Waals surface area contributed by atoms with Gasteiger partial charge in [-0.05, 0) is 42.8 Å². The Morgan fingerprint density at radius 2 is 1.83 bits per heavy atom. The average molecular weight is 386 g/mol. The molecule has 0 aliphatic heterocycles. The van der Waals surface area contributed by atoms with Gasteiger partial charge in [0.15, 0.2) is 0 Å². The van der Waals surface area contributed by atoms with Crippen molar-refractivity contribution >= 4 is 5.95 Å². The molecule has 2 heterocycles. The second-order valence-corrected chi connectivity index (χ2v) is 6.81. The fourth-order valence-electron chi connectivity index (χ4n) is 3.10. The first-order valence-corrected chi connectivity index (χ1v) is 9.29. The number of para-hydroxylation sites is 1. The number of rotatable bonds is 6. The molecule has 0 saturated heterocycles. The molecule has 4 rings (SSSR count). The summed E-state index contributed by atoms with van der Waals surface area (Å²) >= 11 is 0. The van der Waals surface area contributed by atoms with E-state index in [0.717, 1.165) is 28.3 Å². The molecule has 0 aliphatic rings. The average Bonchev–Trinajstić information content (AvgIpc) is 3.22. The maximum atomic E-state index is 5.21. The van der Waals surface area contributed by atoms with Gasteiger partial charge in [0.25, 0.3) is 0 Å². The van der Waals surface area contributed by atoms with Crippen molar-refractivity contribution in [2.45, 2.75) is 13.5 Å². The largest absolute Gasteiger partial charge is 0.497 e. The van der Waals surface area contributed by atoms with E-state index in [0.29, 0.717) is 12.5 Å². The maximum Gasteiger partial charge on any atom is 0.245 e. The van der Waals surface area contributed by atoms with Gasteiger partial charge in [-0.15, -0.1) is 5.10 Å². The molecule has 0 N–H and O–H groups in total.